The predicted molar refractivity (Wildman–Crippen MR) is 80.0 cm³/mol. The van der Waals surface area contributed by atoms with Crippen LogP contribution in [-0.2, 0) is 0 Å². The van der Waals surface area contributed by atoms with Crippen molar-refractivity contribution in [3.05, 3.63) is 36.4 Å². The summed E-state index contributed by atoms with van der Waals surface area (Å²) in [6.45, 7) is 5.08. The molecule has 0 spiro atoms. The molecular formula is C15H18N4O3. The molecule has 116 valence electrons. The van der Waals surface area contributed by atoms with Gasteiger partial charge in [0.15, 0.2) is 5.76 Å². The Morgan fingerprint density at radius 1 is 1.32 bits per heavy atom. The molecule has 1 fully saturated rings. The minimum absolute atomic E-state index is 0.0753. The first kappa shape index (κ1) is 14.4. The largest absolute Gasteiger partial charge is 0.478 e. The second-order valence-corrected chi connectivity index (χ2v) is 4.88. The highest BCUT2D eigenvalue weighted by Gasteiger charge is 2.24. The van der Waals surface area contributed by atoms with E-state index in [0.717, 1.165) is 0 Å². The molecule has 1 aliphatic heterocycles. The lowest BCUT2D eigenvalue weighted by Crippen LogP contribution is -2.49. The van der Waals surface area contributed by atoms with Gasteiger partial charge in [-0.25, -0.2) is 4.98 Å². The molecule has 1 aliphatic rings. The molecule has 1 amide bonds. The van der Waals surface area contributed by atoms with Crippen LogP contribution in [0.4, 0.5) is 5.95 Å². The summed E-state index contributed by atoms with van der Waals surface area (Å²) in [5.41, 5.74) is 0. The lowest BCUT2D eigenvalue weighted by Gasteiger charge is -2.34. The lowest BCUT2D eigenvalue weighted by molar-refractivity contribution is 0.0714. The topological polar surface area (TPSA) is 71.7 Å². The van der Waals surface area contributed by atoms with Gasteiger partial charge in [-0.05, 0) is 19.1 Å². The summed E-state index contributed by atoms with van der Waals surface area (Å²) in [4.78, 5) is 24.7. The predicted octanol–water partition coefficient (Wildman–Crippen LogP) is 1.43. The lowest BCUT2D eigenvalue weighted by atomic mass is 10.3. The highest BCUT2D eigenvalue weighted by Crippen LogP contribution is 2.16. The van der Waals surface area contributed by atoms with Crippen LogP contribution in [0.5, 0.6) is 5.88 Å². The summed E-state index contributed by atoms with van der Waals surface area (Å²) in [6.07, 6.45) is 3.20. The zero-order valence-corrected chi connectivity index (χ0v) is 12.4. The maximum absolute atomic E-state index is 12.2. The summed E-state index contributed by atoms with van der Waals surface area (Å²) >= 11 is 0. The fourth-order valence-electron chi connectivity index (χ4n) is 2.38. The number of rotatable bonds is 4. The van der Waals surface area contributed by atoms with E-state index in [2.05, 4.69) is 14.9 Å². The van der Waals surface area contributed by atoms with Crippen molar-refractivity contribution in [1.29, 1.82) is 0 Å². The van der Waals surface area contributed by atoms with Crippen LogP contribution in [-0.4, -0.2) is 53.6 Å². The zero-order valence-electron chi connectivity index (χ0n) is 12.4. The van der Waals surface area contributed by atoms with Gasteiger partial charge in [0, 0.05) is 38.4 Å². The molecule has 7 nitrogen and oxygen atoms in total. The molecule has 3 rings (SSSR count). The van der Waals surface area contributed by atoms with Crippen LogP contribution in [0.25, 0.3) is 0 Å². The van der Waals surface area contributed by atoms with Crippen LogP contribution in [0.2, 0.25) is 0 Å². The first-order valence-corrected chi connectivity index (χ1v) is 7.31. The van der Waals surface area contributed by atoms with Crippen LogP contribution in [0.1, 0.15) is 17.5 Å². The first-order chi connectivity index (χ1) is 10.8. The first-order valence-electron chi connectivity index (χ1n) is 7.31. The molecule has 0 radical (unpaired) electrons. The summed E-state index contributed by atoms with van der Waals surface area (Å²) in [5, 5.41) is 0. The van der Waals surface area contributed by atoms with Crippen molar-refractivity contribution in [2.45, 2.75) is 6.92 Å². The van der Waals surface area contributed by atoms with Crippen molar-refractivity contribution in [3.63, 3.8) is 0 Å². The van der Waals surface area contributed by atoms with Gasteiger partial charge in [0.2, 0.25) is 11.8 Å². The van der Waals surface area contributed by atoms with E-state index in [0.29, 0.717) is 50.4 Å². The number of aromatic nitrogens is 2. The standard InChI is InChI=1S/C15H18N4O3/c1-2-21-13-5-6-16-15(17-13)19-9-7-18(8-10-19)14(20)12-4-3-11-22-12/h3-6,11H,2,7-10H2,1H3. The number of hydrogen-bond acceptors (Lipinski definition) is 6. The SMILES string of the molecule is CCOc1ccnc(N2CCN(C(=O)c3ccco3)CC2)n1. The Hall–Kier alpha value is -2.57. The molecule has 0 aromatic carbocycles. The third-order valence-corrected chi connectivity index (χ3v) is 3.49. The molecule has 2 aromatic rings. The molecule has 0 aliphatic carbocycles. The van der Waals surface area contributed by atoms with E-state index < -0.39 is 0 Å². The molecule has 0 saturated carbocycles. The normalized spacial score (nSPS) is 15.0. The van der Waals surface area contributed by atoms with E-state index >= 15 is 0 Å². The summed E-state index contributed by atoms with van der Waals surface area (Å²) in [6, 6.07) is 5.14. The van der Waals surface area contributed by atoms with Gasteiger partial charge in [-0.2, -0.15) is 4.98 Å². The van der Waals surface area contributed by atoms with Crippen LogP contribution in [0.15, 0.2) is 35.1 Å². The second kappa shape index (κ2) is 6.46. The van der Waals surface area contributed by atoms with Crippen LogP contribution < -0.4 is 9.64 Å². The van der Waals surface area contributed by atoms with Gasteiger partial charge in [-0.1, -0.05) is 0 Å². The number of nitrogens with zero attached hydrogens (tertiary/aromatic N) is 4. The van der Waals surface area contributed by atoms with E-state index in [9.17, 15) is 4.79 Å². The molecule has 0 bridgehead atoms. The number of anilines is 1. The van der Waals surface area contributed by atoms with Gasteiger partial charge >= 0.3 is 0 Å². The number of piperazine rings is 1. The fourth-order valence-corrected chi connectivity index (χ4v) is 2.38. The Balaban J connectivity index is 1.62. The van der Waals surface area contributed by atoms with E-state index in [-0.39, 0.29) is 5.91 Å². The van der Waals surface area contributed by atoms with Crippen molar-refractivity contribution in [3.8, 4) is 5.88 Å². The fraction of sp³-hybridized carbons (Fsp3) is 0.400. The molecule has 0 N–H and O–H groups in total. The molecule has 1 saturated heterocycles. The van der Waals surface area contributed by atoms with Crippen molar-refractivity contribution in [1.82, 2.24) is 14.9 Å². The van der Waals surface area contributed by atoms with Gasteiger partial charge in [0.05, 0.1) is 12.9 Å². The van der Waals surface area contributed by atoms with E-state index in [1.54, 1.807) is 29.3 Å². The summed E-state index contributed by atoms with van der Waals surface area (Å²) in [7, 11) is 0. The Morgan fingerprint density at radius 2 is 2.14 bits per heavy atom. The van der Waals surface area contributed by atoms with Gasteiger partial charge < -0.3 is 19.0 Å². The Morgan fingerprint density at radius 3 is 2.82 bits per heavy atom. The molecule has 7 heteroatoms. The smallest absolute Gasteiger partial charge is 0.289 e. The zero-order chi connectivity index (χ0) is 15.4. The van der Waals surface area contributed by atoms with Crippen LogP contribution >= 0.6 is 0 Å². The monoisotopic (exact) mass is 302 g/mol. The number of ether oxygens (including phenoxy) is 1. The summed E-state index contributed by atoms with van der Waals surface area (Å²) in [5.74, 6) is 1.51. The van der Waals surface area contributed by atoms with Gasteiger partial charge in [0.1, 0.15) is 0 Å². The van der Waals surface area contributed by atoms with Gasteiger partial charge in [0.25, 0.3) is 5.91 Å². The van der Waals surface area contributed by atoms with Crippen molar-refractivity contribution in [2.24, 2.45) is 0 Å². The Bertz CT molecular complexity index is 621. The molecular weight excluding hydrogens is 284 g/mol. The Labute approximate surface area is 128 Å². The molecule has 0 unspecified atom stereocenters. The number of furan rings is 1. The third kappa shape index (κ3) is 3.03. The average Bonchev–Trinajstić information content (AvgIpc) is 3.09. The van der Waals surface area contributed by atoms with Gasteiger partial charge in [-0.3, -0.25) is 4.79 Å². The molecule has 0 atom stereocenters. The third-order valence-electron chi connectivity index (χ3n) is 3.49. The number of carbonyl (C=O) groups is 1. The van der Waals surface area contributed by atoms with Crippen molar-refractivity contribution in [2.75, 3.05) is 37.7 Å². The number of carbonyl (C=O) groups excluding carboxylic acids is 1. The maximum atomic E-state index is 12.2. The van der Waals surface area contributed by atoms with Crippen molar-refractivity contribution >= 4 is 11.9 Å². The average molecular weight is 302 g/mol. The second-order valence-electron chi connectivity index (χ2n) is 4.88. The van der Waals surface area contributed by atoms with E-state index in [1.165, 1.54) is 6.26 Å². The number of amides is 1. The van der Waals surface area contributed by atoms with E-state index in [4.69, 9.17) is 9.15 Å². The van der Waals surface area contributed by atoms with Crippen LogP contribution in [0, 0.1) is 0 Å². The minimum Gasteiger partial charge on any atom is -0.478 e. The van der Waals surface area contributed by atoms with Crippen LogP contribution in [0.3, 0.4) is 0 Å². The summed E-state index contributed by atoms with van der Waals surface area (Å²) < 4.78 is 10.5. The molecule has 22 heavy (non-hydrogen) atoms. The quantitative estimate of drug-likeness (QED) is 0.851. The number of hydrogen-bond donors (Lipinski definition) is 0. The highest BCUT2D eigenvalue weighted by molar-refractivity contribution is 5.91. The maximum Gasteiger partial charge on any atom is 0.289 e. The minimum atomic E-state index is -0.0753. The molecule has 2 aromatic heterocycles. The van der Waals surface area contributed by atoms with E-state index in [1.807, 2.05) is 6.92 Å². The molecule has 3 heterocycles. The highest BCUT2D eigenvalue weighted by atomic mass is 16.5. The van der Waals surface area contributed by atoms with Gasteiger partial charge in [-0.15, -0.1) is 0 Å². The Kier molecular flexibility index (Phi) is 4.22. The van der Waals surface area contributed by atoms with Crippen molar-refractivity contribution < 1.29 is 13.9 Å².